The summed E-state index contributed by atoms with van der Waals surface area (Å²) in [5.74, 6) is 0.132. The third-order valence-corrected chi connectivity index (χ3v) is 4.06. The Labute approximate surface area is 133 Å². The second-order valence-electron chi connectivity index (χ2n) is 5.97. The lowest BCUT2D eigenvalue weighted by molar-refractivity contribution is 0.0632. The van der Waals surface area contributed by atoms with E-state index in [9.17, 15) is 4.79 Å². The highest BCUT2D eigenvalue weighted by Crippen LogP contribution is 2.11. The predicted octanol–water partition coefficient (Wildman–Crippen LogP) is 1.88. The number of rotatable bonds is 6. The molecule has 0 aliphatic carbocycles. The van der Waals surface area contributed by atoms with E-state index in [0.29, 0.717) is 0 Å². The van der Waals surface area contributed by atoms with Crippen LogP contribution >= 0.6 is 0 Å². The monoisotopic (exact) mass is 305 g/mol. The summed E-state index contributed by atoms with van der Waals surface area (Å²) in [4.78, 5) is 21.3. The summed E-state index contributed by atoms with van der Waals surface area (Å²) in [6.45, 7) is 9.33. The van der Waals surface area contributed by atoms with Gasteiger partial charge in [-0.15, -0.1) is 0 Å². The zero-order valence-electron chi connectivity index (χ0n) is 14.0. The van der Waals surface area contributed by atoms with Crippen LogP contribution in [0.5, 0.6) is 0 Å². The Hall–Kier alpha value is -1.46. The Morgan fingerprint density at radius 1 is 1.14 bits per heavy atom. The van der Waals surface area contributed by atoms with Crippen molar-refractivity contribution in [3.63, 3.8) is 0 Å². The Balaban J connectivity index is 1.82. The van der Waals surface area contributed by atoms with Crippen LogP contribution in [0.4, 0.5) is 0 Å². The maximum absolute atomic E-state index is 12.6. The molecule has 2 heterocycles. The molecule has 0 saturated carbocycles. The molecule has 22 heavy (non-hydrogen) atoms. The molecule has 1 aliphatic heterocycles. The first-order chi connectivity index (χ1) is 10.6. The SMILES string of the molecule is COCCCCN1CCN(C(=O)c2cc(C)nc(C)c2)CC1. The molecule has 1 aliphatic rings. The number of pyridine rings is 1. The molecule has 1 aromatic heterocycles. The zero-order chi connectivity index (χ0) is 15.9. The molecule has 0 radical (unpaired) electrons. The van der Waals surface area contributed by atoms with Gasteiger partial charge in [-0.1, -0.05) is 0 Å². The predicted molar refractivity (Wildman–Crippen MR) is 87.2 cm³/mol. The van der Waals surface area contributed by atoms with Crippen LogP contribution in [0.2, 0.25) is 0 Å². The maximum Gasteiger partial charge on any atom is 0.254 e. The summed E-state index contributed by atoms with van der Waals surface area (Å²) < 4.78 is 5.07. The number of carbonyl (C=O) groups excluding carboxylic acids is 1. The van der Waals surface area contributed by atoms with Crippen LogP contribution in [-0.4, -0.2) is 67.1 Å². The van der Waals surface area contributed by atoms with Crippen molar-refractivity contribution in [2.24, 2.45) is 0 Å². The molecule has 5 nitrogen and oxygen atoms in total. The molecule has 5 heteroatoms. The van der Waals surface area contributed by atoms with E-state index in [1.165, 1.54) is 0 Å². The fraction of sp³-hybridized carbons (Fsp3) is 0.647. The average Bonchev–Trinajstić information content (AvgIpc) is 2.50. The Morgan fingerprint density at radius 3 is 2.36 bits per heavy atom. The number of hydrogen-bond donors (Lipinski definition) is 0. The highest BCUT2D eigenvalue weighted by Gasteiger charge is 2.22. The van der Waals surface area contributed by atoms with Crippen molar-refractivity contribution >= 4 is 5.91 Å². The largest absolute Gasteiger partial charge is 0.385 e. The molecule has 0 bridgehead atoms. The van der Waals surface area contributed by atoms with Gasteiger partial charge in [0.2, 0.25) is 0 Å². The number of amides is 1. The molecule has 1 saturated heterocycles. The molecule has 0 atom stereocenters. The first-order valence-electron chi connectivity index (χ1n) is 8.06. The van der Waals surface area contributed by atoms with Gasteiger partial charge in [-0.05, 0) is 45.4 Å². The van der Waals surface area contributed by atoms with Gasteiger partial charge in [0.25, 0.3) is 5.91 Å². The lowest BCUT2D eigenvalue weighted by atomic mass is 10.1. The lowest BCUT2D eigenvalue weighted by Gasteiger charge is -2.34. The van der Waals surface area contributed by atoms with E-state index < -0.39 is 0 Å². The molecule has 0 N–H and O–H groups in total. The first-order valence-corrected chi connectivity index (χ1v) is 8.06. The van der Waals surface area contributed by atoms with Gasteiger partial charge < -0.3 is 9.64 Å². The maximum atomic E-state index is 12.6. The normalized spacial score (nSPS) is 16.0. The molecule has 122 valence electrons. The van der Waals surface area contributed by atoms with Gasteiger partial charge >= 0.3 is 0 Å². The molecule has 1 amide bonds. The van der Waals surface area contributed by atoms with Gasteiger partial charge in [-0.2, -0.15) is 0 Å². The van der Waals surface area contributed by atoms with Gasteiger partial charge in [0.15, 0.2) is 0 Å². The topological polar surface area (TPSA) is 45.7 Å². The number of hydrogen-bond acceptors (Lipinski definition) is 4. The van der Waals surface area contributed by atoms with Crippen molar-refractivity contribution in [2.45, 2.75) is 26.7 Å². The minimum atomic E-state index is 0.132. The van der Waals surface area contributed by atoms with Crippen molar-refractivity contribution in [3.05, 3.63) is 29.1 Å². The highest BCUT2D eigenvalue weighted by atomic mass is 16.5. The second kappa shape index (κ2) is 8.25. The van der Waals surface area contributed by atoms with Crippen molar-refractivity contribution in [2.75, 3.05) is 46.4 Å². The molecule has 1 aromatic rings. The smallest absolute Gasteiger partial charge is 0.254 e. The van der Waals surface area contributed by atoms with Gasteiger partial charge in [-0.25, -0.2) is 0 Å². The molecule has 1 fully saturated rings. The van der Waals surface area contributed by atoms with Crippen LogP contribution in [0.1, 0.15) is 34.6 Å². The average molecular weight is 305 g/mol. The van der Waals surface area contributed by atoms with Gasteiger partial charge in [0.05, 0.1) is 0 Å². The van der Waals surface area contributed by atoms with Gasteiger partial charge in [0.1, 0.15) is 0 Å². The minimum absolute atomic E-state index is 0.132. The lowest BCUT2D eigenvalue weighted by Crippen LogP contribution is -2.48. The van der Waals surface area contributed by atoms with Crippen LogP contribution in [0.3, 0.4) is 0 Å². The molecule has 0 spiro atoms. The fourth-order valence-electron chi connectivity index (χ4n) is 2.90. The molecule has 0 unspecified atom stereocenters. The number of nitrogens with zero attached hydrogens (tertiary/aromatic N) is 3. The highest BCUT2D eigenvalue weighted by molar-refractivity contribution is 5.94. The summed E-state index contributed by atoms with van der Waals surface area (Å²) >= 11 is 0. The van der Waals surface area contributed by atoms with Crippen molar-refractivity contribution in [1.82, 2.24) is 14.8 Å². The summed E-state index contributed by atoms with van der Waals surface area (Å²) in [6.07, 6.45) is 2.26. The van der Waals surface area contributed by atoms with Crippen LogP contribution < -0.4 is 0 Å². The summed E-state index contributed by atoms with van der Waals surface area (Å²) in [6, 6.07) is 3.76. The quantitative estimate of drug-likeness (QED) is 0.753. The Bertz CT molecular complexity index is 476. The number of piperazine rings is 1. The van der Waals surface area contributed by atoms with E-state index in [1.807, 2.05) is 30.9 Å². The van der Waals surface area contributed by atoms with Crippen molar-refractivity contribution in [1.29, 1.82) is 0 Å². The van der Waals surface area contributed by atoms with Crippen molar-refractivity contribution in [3.8, 4) is 0 Å². The number of ether oxygens (including phenoxy) is 1. The number of aryl methyl sites for hydroxylation is 2. The van der Waals surface area contributed by atoms with Crippen LogP contribution in [0.15, 0.2) is 12.1 Å². The third-order valence-electron chi connectivity index (χ3n) is 4.06. The van der Waals surface area contributed by atoms with E-state index in [0.717, 1.165) is 69.1 Å². The standard InChI is InChI=1S/C17H27N3O2/c1-14-12-16(13-15(2)18-14)17(21)20-9-7-19(8-10-20)6-4-5-11-22-3/h12-13H,4-11H2,1-3H3. The summed E-state index contributed by atoms with van der Waals surface area (Å²) in [5.41, 5.74) is 2.57. The van der Waals surface area contributed by atoms with Crippen molar-refractivity contribution < 1.29 is 9.53 Å². The molecular formula is C17H27N3O2. The Morgan fingerprint density at radius 2 is 1.77 bits per heavy atom. The van der Waals surface area contributed by atoms with E-state index in [1.54, 1.807) is 7.11 Å². The second-order valence-corrected chi connectivity index (χ2v) is 5.97. The number of methoxy groups -OCH3 is 1. The molecule has 0 aromatic carbocycles. The number of unbranched alkanes of at least 4 members (excludes halogenated alkanes) is 1. The van der Waals surface area contributed by atoms with Crippen LogP contribution in [0, 0.1) is 13.8 Å². The minimum Gasteiger partial charge on any atom is -0.385 e. The third kappa shape index (κ3) is 4.78. The van der Waals surface area contributed by atoms with Crippen LogP contribution in [0.25, 0.3) is 0 Å². The summed E-state index contributed by atoms with van der Waals surface area (Å²) in [5, 5.41) is 0. The van der Waals surface area contributed by atoms with Gasteiger partial charge in [0, 0.05) is 56.8 Å². The molecule has 2 rings (SSSR count). The van der Waals surface area contributed by atoms with Gasteiger partial charge in [-0.3, -0.25) is 14.7 Å². The first kappa shape index (κ1) is 16.9. The van der Waals surface area contributed by atoms with E-state index >= 15 is 0 Å². The van der Waals surface area contributed by atoms with E-state index in [2.05, 4.69) is 9.88 Å². The zero-order valence-corrected chi connectivity index (χ0v) is 14.0. The Kier molecular flexibility index (Phi) is 6.34. The number of carbonyl (C=O) groups is 1. The van der Waals surface area contributed by atoms with Crippen LogP contribution in [-0.2, 0) is 4.74 Å². The molecular weight excluding hydrogens is 278 g/mol. The summed E-state index contributed by atoms with van der Waals surface area (Å²) in [7, 11) is 1.74. The fourth-order valence-corrected chi connectivity index (χ4v) is 2.90. The van der Waals surface area contributed by atoms with E-state index in [-0.39, 0.29) is 5.91 Å². The van der Waals surface area contributed by atoms with E-state index in [4.69, 9.17) is 4.74 Å². The number of aromatic nitrogens is 1.